The maximum Gasteiger partial charge on any atom is 0.134 e. The molecule has 0 spiro atoms. The molecule has 2 nitrogen and oxygen atoms in total. The largest absolute Gasteiger partial charge is 0.461 e. The lowest BCUT2D eigenvalue weighted by Crippen LogP contribution is -2.13. The molecular formula is C22H24FNO. The second-order valence-corrected chi connectivity index (χ2v) is 6.83. The average molecular weight is 337 g/mol. The van der Waals surface area contributed by atoms with Crippen molar-refractivity contribution in [3.8, 4) is 11.3 Å². The van der Waals surface area contributed by atoms with Crippen LogP contribution in [0.3, 0.4) is 0 Å². The zero-order valence-electron chi connectivity index (χ0n) is 14.9. The molecule has 25 heavy (non-hydrogen) atoms. The first-order chi connectivity index (χ1) is 12.0. The summed E-state index contributed by atoms with van der Waals surface area (Å²) in [5, 5.41) is 3.61. The van der Waals surface area contributed by atoms with E-state index in [0.29, 0.717) is 11.7 Å². The number of aryl methyl sites for hydroxylation is 1. The van der Waals surface area contributed by atoms with Gasteiger partial charge >= 0.3 is 0 Å². The molecule has 0 aliphatic rings. The molecule has 2 aromatic carbocycles. The highest BCUT2D eigenvalue weighted by molar-refractivity contribution is 5.60. The fraction of sp³-hybridized carbons (Fsp3) is 0.273. The molecule has 0 saturated carbocycles. The van der Waals surface area contributed by atoms with Crippen LogP contribution in [0.25, 0.3) is 11.3 Å². The van der Waals surface area contributed by atoms with E-state index in [4.69, 9.17) is 4.42 Å². The van der Waals surface area contributed by atoms with Crippen LogP contribution in [0.15, 0.2) is 65.1 Å². The maximum absolute atomic E-state index is 13.5. The van der Waals surface area contributed by atoms with Gasteiger partial charge < -0.3 is 9.73 Å². The van der Waals surface area contributed by atoms with Crippen LogP contribution >= 0.6 is 0 Å². The normalized spacial score (nSPS) is 12.4. The molecule has 1 N–H and O–H groups in total. The summed E-state index contributed by atoms with van der Waals surface area (Å²) in [6.07, 6.45) is 0.984. The van der Waals surface area contributed by atoms with Crippen LogP contribution in [0, 0.1) is 18.7 Å². The van der Waals surface area contributed by atoms with E-state index in [1.165, 1.54) is 12.1 Å². The lowest BCUT2D eigenvalue weighted by molar-refractivity contribution is 0.507. The number of furan rings is 1. The van der Waals surface area contributed by atoms with E-state index in [9.17, 15) is 4.39 Å². The van der Waals surface area contributed by atoms with Gasteiger partial charge in [0, 0.05) is 16.8 Å². The van der Waals surface area contributed by atoms with Gasteiger partial charge in [-0.15, -0.1) is 0 Å². The molecule has 0 bridgehead atoms. The number of nitrogens with one attached hydrogen (secondary N) is 1. The van der Waals surface area contributed by atoms with Crippen molar-refractivity contribution in [2.24, 2.45) is 5.92 Å². The molecule has 0 saturated heterocycles. The molecule has 3 heteroatoms. The van der Waals surface area contributed by atoms with E-state index < -0.39 is 0 Å². The number of halogens is 1. The van der Waals surface area contributed by atoms with Crippen LogP contribution in [0.2, 0.25) is 0 Å². The zero-order chi connectivity index (χ0) is 17.8. The van der Waals surface area contributed by atoms with Crippen molar-refractivity contribution in [3.05, 3.63) is 77.8 Å². The monoisotopic (exact) mass is 337 g/mol. The van der Waals surface area contributed by atoms with Crippen molar-refractivity contribution in [3.63, 3.8) is 0 Å². The van der Waals surface area contributed by atoms with Crippen LogP contribution in [0.1, 0.15) is 37.6 Å². The highest BCUT2D eigenvalue weighted by Crippen LogP contribution is 2.34. The molecule has 1 unspecified atom stereocenters. The van der Waals surface area contributed by atoms with Crippen molar-refractivity contribution >= 4 is 5.69 Å². The molecule has 0 amide bonds. The molecule has 1 aromatic heterocycles. The smallest absolute Gasteiger partial charge is 0.134 e. The molecule has 0 radical (unpaired) electrons. The molecule has 3 rings (SSSR count). The minimum Gasteiger partial charge on any atom is -0.461 e. The van der Waals surface area contributed by atoms with Gasteiger partial charge in [-0.1, -0.05) is 44.2 Å². The summed E-state index contributed by atoms with van der Waals surface area (Å²) in [5.41, 5.74) is 2.97. The van der Waals surface area contributed by atoms with Crippen molar-refractivity contribution in [2.75, 3.05) is 5.32 Å². The van der Waals surface area contributed by atoms with Gasteiger partial charge in [0.25, 0.3) is 0 Å². The van der Waals surface area contributed by atoms with Gasteiger partial charge in [0.2, 0.25) is 0 Å². The quantitative estimate of drug-likeness (QED) is 0.548. The van der Waals surface area contributed by atoms with Gasteiger partial charge in [0.1, 0.15) is 17.3 Å². The molecule has 3 aromatic rings. The van der Waals surface area contributed by atoms with Crippen molar-refractivity contribution in [1.82, 2.24) is 0 Å². The number of hydrogen-bond donors (Lipinski definition) is 1. The minimum atomic E-state index is -0.255. The molecule has 1 heterocycles. The van der Waals surface area contributed by atoms with E-state index in [1.54, 1.807) is 6.07 Å². The predicted molar refractivity (Wildman–Crippen MR) is 101 cm³/mol. The second kappa shape index (κ2) is 7.56. The van der Waals surface area contributed by atoms with Crippen LogP contribution < -0.4 is 5.32 Å². The van der Waals surface area contributed by atoms with Gasteiger partial charge in [0.15, 0.2) is 0 Å². The number of rotatable bonds is 6. The lowest BCUT2D eigenvalue weighted by atomic mass is 9.96. The summed E-state index contributed by atoms with van der Waals surface area (Å²) in [5.74, 6) is 1.85. The van der Waals surface area contributed by atoms with Gasteiger partial charge in [-0.25, -0.2) is 4.39 Å². The third kappa shape index (κ3) is 4.30. The van der Waals surface area contributed by atoms with Crippen LogP contribution in [-0.2, 0) is 0 Å². The summed E-state index contributed by atoms with van der Waals surface area (Å²) in [4.78, 5) is 0. The summed E-state index contributed by atoms with van der Waals surface area (Å²) in [6, 6.07) is 18.9. The Hall–Kier alpha value is -2.55. The summed E-state index contributed by atoms with van der Waals surface area (Å²) >= 11 is 0. The first-order valence-electron chi connectivity index (χ1n) is 8.71. The third-order valence-electron chi connectivity index (χ3n) is 4.26. The maximum atomic E-state index is 13.5. The number of benzene rings is 2. The SMILES string of the molecule is Cc1oc(-c2cccc(F)c2)cc1C(CC(C)C)Nc1ccccc1. The minimum absolute atomic E-state index is 0.147. The van der Waals surface area contributed by atoms with E-state index in [2.05, 4.69) is 31.3 Å². The highest BCUT2D eigenvalue weighted by Gasteiger charge is 2.20. The van der Waals surface area contributed by atoms with Gasteiger partial charge in [-0.05, 0) is 49.6 Å². The highest BCUT2D eigenvalue weighted by atomic mass is 19.1. The molecule has 0 aliphatic heterocycles. The molecule has 0 aliphatic carbocycles. The Balaban J connectivity index is 1.93. The number of para-hydroxylation sites is 1. The first kappa shape index (κ1) is 17.3. The Labute approximate surface area is 148 Å². The van der Waals surface area contributed by atoms with Gasteiger partial charge in [-0.2, -0.15) is 0 Å². The predicted octanol–water partition coefficient (Wildman–Crippen LogP) is 6.59. The zero-order valence-corrected chi connectivity index (χ0v) is 14.9. The second-order valence-electron chi connectivity index (χ2n) is 6.83. The average Bonchev–Trinajstić information content (AvgIpc) is 2.97. The Morgan fingerprint density at radius 3 is 2.44 bits per heavy atom. The summed E-state index contributed by atoms with van der Waals surface area (Å²) < 4.78 is 19.5. The Bertz CT molecular complexity index is 823. The molecule has 130 valence electrons. The summed E-state index contributed by atoms with van der Waals surface area (Å²) in [6.45, 7) is 6.39. The number of hydrogen-bond acceptors (Lipinski definition) is 2. The van der Waals surface area contributed by atoms with E-state index in [0.717, 1.165) is 29.0 Å². The van der Waals surface area contributed by atoms with E-state index >= 15 is 0 Å². The standard InChI is InChI=1S/C22H24FNO/c1-15(2)12-21(24-19-10-5-4-6-11-19)20-14-22(25-16(20)3)17-8-7-9-18(23)13-17/h4-11,13-15,21,24H,12H2,1-3H3. The fourth-order valence-electron chi connectivity index (χ4n) is 3.10. The first-order valence-corrected chi connectivity index (χ1v) is 8.71. The van der Waals surface area contributed by atoms with Crippen molar-refractivity contribution in [1.29, 1.82) is 0 Å². The fourth-order valence-corrected chi connectivity index (χ4v) is 3.10. The van der Waals surface area contributed by atoms with Crippen LogP contribution in [-0.4, -0.2) is 0 Å². The summed E-state index contributed by atoms with van der Waals surface area (Å²) in [7, 11) is 0. The van der Waals surface area contributed by atoms with E-state index in [1.807, 2.05) is 37.3 Å². The topological polar surface area (TPSA) is 25.2 Å². The van der Waals surface area contributed by atoms with Crippen molar-refractivity contribution in [2.45, 2.75) is 33.2 Å². The number of anilines is 1. The Kier molecular flexibility index (Phi) is 5.22. The molecular weight excluding hydrogens is 313 g/mol. The molecule has 1 atom stereocenters. The van der Waals surface area contributed by atoms with Crippen molar-refractivity contribution < 1.29 is 8.81 Å². The van der Waals surface area contributed by atoms with Crippen LogP contribution in [0.5, 0.6) is 0 Å². The Morgan fingerprint density at radius 1 is 1.00 bits per heavy atom. The molecule has 0 fully saturated rings. The third-order valence-corrected chi connectivity index (χ3v) is 4.26. The Morgan fingerprint density at radius 2 is 1.76 bits per heavy atom. The van der Waals surface area contributed by atoms with Crippen LogP contribution in [0.4, 0.5) is 10.1 Å². The van der Waals surface area contributed by atoms with E-state index in [-0.39, 0.29) is 11.9 Å². The van der Waals surface area contributed by atoms with Gasteiger partial charge in [-0.3, -0.25) is 0 Å². The lowest BCUT2D eigenvalue weighted by Gasteiger charge is -2.21. The van der Waals surface area contributed by atoms with Gasteiger partial charge in [0.05, 0.1) is 6.04 Å².